The Labute approximate surface area is 205 Å². The van der Waals surface area contributed by atoms with Gasteiger partial charge in [-0.2, -0.15) is 0 Å². The molecule has 1 aromatic carbocycles. The Morgan fingerprint density at radius 1 is 1.06 bits per heavy atom. The van der Waals surface area contributed by atoms with Gasteiger partial charge in [-0.3, -0.25) is 14.4 Å². The topological polar surface area (TPSA) is 153 Å². The van der Waals surface area contributed by atoms with Crippen LogP contribution in [0.5, 0.6) is 5.75 Å². The van der Waals surface area contributed by atoms with Gasteiger partial charge in [0.1, 0.15) is 23.9 Å². The van der Waals surface area contributed by atoms with Gasteiger partial charge < -0.3 is 31.1 Å². The molecule has 2 aliphatic rings. The summed E-state index contributed by atoms with van der Waals surface area (Å²) in [6.07, 6.45) is 3.00. The Morgan fingerprint density at radius 3 is 2.26 bits per heavy atom. The number of carboxylic acids is 1. The van der Waals surface area contributed by atoms with Gasteiger partial charge in [-0.1, -0.05) is 32.4 Å². The number of aromatic hydroxyl groups is 1. The van der Waals surface area contributed by atoms with Crippen molar-refractivity contribution < 1.29 is 29.4 Å². The summed E-state index contributed by atoms with van der Waals surface area (Å²) < 4.78 is 0. The van der Waals surface area contributed by atoms with Crippen LogP contribution in [0.25, 0.3) is 0 Å². The molecule has 0 unspecified atom stereocenters. The summed E-state index contributed by atoms with van der Waals surface area (Å²) in [6, 6.07) is 3.08. The van der Waals surface area contributed by atoms with Gasteiger partial charge in [-0.15, -0.1) is 0 Å². The fourth-order valence-electron chi connectivity index (χ4n) is 4.87. The maximum atomic E-state index is 13.6. The molecule has 192 valence electrons. The minimum absolute atomic E-state index is 0.118. The Bertz CT molecular complexity index is 936. The zero-order valence-electron chi connectivity index (χ0n) is 20.4. The number of nitrogens with two attached hydrogens (primary N) is 1. The van der Waals surface area contributed by atoms with Gasteiger partial charge in [0, 0.05) is 13.1 Å². The lowest BCUT2D eigenvalue weighted by molar-refractivity contribution is -0.152. The number of likely N-dealkylation sites (tertiary alicyclic amines) is 2. The van der Waals surface area contributed by atoms with E-state index in [2.05, 4.69) is 5.32 Å². The first-order valence-electron chi connectivity index (χ1n) is 12.3. The molecule has 3 amide bonds. The van der Waals surface area contributed by atoms with Gasteiger partial charge in [-0.25, -0.2) is 4.79 Å². The number of nitrogens with zero attached hydrogens (tertiary/aromatic N) is 2. The number of nitrogens with one attached hydrogen (secondary N) is 1. The molecule has 0 aromatic heterocycles. The number of carbonyl (C=O) groups excluding carboxylic acids is 3. The van der Waals surface area contributed by atoms with Crippen LogP contribution < -0.4 is 11.1 Å². The molecule has 5 atom stereocenters. The molecule has 1 aromatic rings. The number of amides is 3. The minimum Gasteiger partial charge on any atom is -0.508 e. The first-order chi connectivity index (χ1) is 16.6. The van der Waals surface area contributed by atoms with Crippen LogP contribution in [-0.4, -0.2) is 81.0 Å². The van der Waals surface area contributed by atoms with Crippen molar-refractivity contribution in [1.82, 2.24) is 15.1 Å². The lowest BCUT2D eigenvalue weighted by Crippen LogP contribution is -2.58. The number of carbonyl (C=O) groups is 4. The summed E-state index contributed by atoms with van der Waals surface area (Å²) in [5.74, 6) is -2.25. The smallest absolute Gasteiger partial charge is 0.326 e. The van der Waals surface area contributed by atoms with Crippen molar-refractivity contribution in [3.63, 3.8) is 0 Å². The molecule has 3 rings (SSSR count). The Morgan fingerprint density at radius 2 is 1.66 bits per heavy atom. The minimum atomic E-state index is -1.03. The maximum absolute atomic E-state index is 13.6. The van der Waals surface area contributed by atoms with E-state index in [-0.39, 0.29) is 29.9 Å². The van der Waals surface area contributed by atoms with E-state index < -0.39 is 36.0 Å². The zero-order valence-corrected chi connectivity index (χ0v) is 20.4. The molecule has 2 aliphatic heterocycles. The van der Waals surface area contributed by atoms with Gasteiger partial charge in [0.25, 0.3) is 0 Å². The number of rotatable bonds is 9. The number of benzene rings is 1. The van der Waals surface area contributed by atoms with Crippen molar-refractivity contribution in [2.45, 2.75) is 76.5 Å². The van der Waals surface area contributed by atoms with Crippen molar-refractivity contribution in [3.8, 4) is 5.75 Å². The Balaban J connectivity index is 1.71. The Hall–Kier alpha value is -3.14. The Kier molecular flexibility index (Phi) is 8.71. The maximum Gasteiger partial charge on any atom is 0.326 e. The van der Waals surface area contributed by atoms with Gasteiger partial charge in [-0.05, 0) is 55.7 Å². The largest absolute Gasteiger partial charge is 0.508 e. The number of hydrogen-bond donors (Lipinski definition) is 4. The average molecular weight is 489 g/mol. The molecule has 0 bridgehead atoms. The molecule has 5 N–H and O–H groups in total. The van der Waals surface area contributed by atoms with E-state index in [0.29, 0.717) is 45.2 Å². The van der Waals surface area contributed by atoms with Crippen LogP contribution in [0.3, 0.4) is 0 Å². The van der Waals surface area contributed by atoms with Gasteiger partial charge in [0.2, 0.25) is 17.7 Å². The fourth-order valence-corrected chi connectivity index (χ4v) is 4.87. The third-order valence-electron chi connectivity index (χ3n) is 7.15. The summed E-state index contributed by atoms with van der Waals surface area (Å²) in [5.41, 5.74) is 6.90. The van der Waals surface area contributed by atoms with Gasteiger partial charge in [0.15, 0.2) is 0 Å². The third-order valence-corrected chi connectivity index (χ3v) is 7.15. The third kappa shape index (κ3) is 6.11. The van der Waals surface area contributed by atoms with Crippen molar-refractivity contribution in [2.75, 3.05) is 13.1 Å². The molecular weight excluding hydrogens is 452 g/mol. The quantitative estimate of drug-likeness (QED) is 0.402. The number of phenolic OH excluding ortho intramolecular Hbond substituents is 1. The average Bonchev–Trinajstić information content (AvgIpc) is 3.52. The molecular formula is C25H36N4O6. The lowest BCUT2D eigenvalue weighted by atomic mass is 9.96. The molecule has 2 saturated heterocycles. The zero-order chi connectivity index (χ0) is 25.7. The second kappa shape index (κ2) is 11.5. The standard InChI is InChI=1S/C25H36N4O6/c1-3-15(2)21(27-22(31)18(26)14-16-8-10-17(30)11-9-16)24(33)28-12-4-6-19(28)23(32)29-13-5-7-20(29)25(34)35/h8-11,15,18-21,30H,3-7,12-14,26H2,1-2H3,(H,27,31)(H,34,35)/t15-,18-,19-,20-,21-/m0/s1. The van der Waals surface area contributed by atoms with E-state index in [9.17, 15) is 29.4 Å². The molecule has 10 nitrogen and oxygen atoms in total. The number of phenols is 1. The highest BCUT2D eigenvalue weighted by atomic mass is 16.4. The monoisotopic (exact) mass is 488 g/mol. The van der Waals surface area contributed by atoms with Gasteiger partial charge in [0.05, 0.1) is 6.04 Å². The highest BCUT2D eigenvalue weighted by Gasteiger charge is 2.44. The number of carboxylic acid groups (broad SMARTS) is 1. The normalized spacial score (nSPS) is 22.5. The van der Waals surface area contributed by atoms with Crippen LogP contribution in [0.15, 0.2) is 24.3 Å². The molecule has 0 spiro atoms. The summed E-state index contributed by atoms with van der Waals surface area (Å²) in [7, 11) is 0. The van der Waals surface area contributed by atoms with Gasteiger partial charge >= 0.3 is 5.97 Å². The van der Waals surface area contributed by atoms with E-state index in [0.717, 1.165) is 5.56 Å². The second-order valence-corrected chi connectivity index (χ2v) is 9.57. The van der Waals surface area contributed by atoms with E-state index in [1.54, 1.807) is 12.1 Å². The van der Waals surface area contributed by atoms with Crippen molar-refractivity contribution in [2.24, 2.45) is 11.7 Å². The molecule has 2 fully saturated rings. The van der Waals surface area contributed by atoms with E-state index in [1.165, 1.54) is 21.9 Å². The highest BCUT2D eigenvalue weighted by molar-refractivity contribution is 5.95. The SMILES string of the molecule is CC[C@H](C)[C@H](NC(=O)[C@@H](N)Cc1ccc(O)cc1)C(=O)N1CCC[C@H]1C(=O)N1CCC[C@H]1C(=O)O. The molecule has 35 heavy (non-hydrogen) atoms. The molecule has 0 aliphatic carbocycles. The van der Waals surface area contributed by atoms with E-state index >= 15 is 0 Å². The van der Waals surface area contributed by atoms with E-state index in [4.69, 9.17) is 5.73 Å². The summed E-state index contributed by atoms with van der Waals surface area (Å²) in [6.45, 7) is 4.53. The van der Waals surface area contributed by atoms with Crippen molar-refractivity contribution in [3.05, 3.63) is 29.8 Å². The molecule has 0 saturated carbocycles. The fraction of sp³-hybridized carbons (Fsp3) is 0.600. The van der Waals surface area contributed by atoms with Crippen LogP contribution in [0.1, 0.15) is 51.5 Å². The molecule has 10 heteroatoms. The second-order valence-electron chi connectivity index (χ2n) is 9.57. The van der Waals surface area contributed by atoms with Crippen molar-refractivity contribution >= 4 is 23.7 Å². The summed E-state index contributed by atoms with van der Waals surface area (Å²) >= 11 is 0. The van der Waals surface area contributed by atoms with Crippen LogP contribution in [0.2, 0.25) is 0 Å². The predicted octanol–water partition coefficient (Wildman–Crippen LogP) is 0.860. The van der Waals surface area contributed by atoms with E-state index in [1.807, 2.05) is 13.8 Å². The predicted molar refractivity (Wildman–Crippen MR) is 128 cm³/mol. The van der Waals surface area contributed by atoms with Crippen molar-refractivity contribution in [1.29, 1.82) is 0 Å². The number of hydrogen-bond acceptors (Lipinski definition) is 6. The summed E-state index contributed by atoms with van der Waals surface area (Å²) in [5, 5.41) is 21.7. The molecule has 0 radical (unpaired) electrons. The lowest BCUT2D eigenvalue weighted by Gasteiger charge is -2.34. The van der Waals surface area contributed by atoms with Crippen LogP contribution in [0.4, 0.5) is 0 Å². The molecule has 2 heterocycles. The number of aliphatic carboxylic acids is 1. The highest BCUT2D eigenvalue weighted by Crippen LogP contribution is 2.26. The summed E-state index contributed by atoms with van der Waals surface area (Å²) in [4.78, 5) is 54.2. The van der Waals surface area contributed by atoms with Crippen LogP contribution in [0, 0.1) is 5.92 Å². The first kappa shape index (κ1) is 26.5. The first-order valence-corrected chi connectivity index (χ1v) is 12.3. The van der Waals surface area contributed by atoms with Crippen LogP contribution >= 0.6 is 0 Å². The van der Waals surface area contributed by atoms with Crippen LogP contribution in [-0.2, 0) is 25.6 Å².